The average Bonchev–Trinajstić information content (AvgIpc) is 2.04. The number of aliphatic hydroxyl groups excluding tert-OH is 1. The highest BCUT2D eigenvalue weighted by molar-refractivity contribution is 5.85. The fourth-order valence-electron chi connectivity index (χ4n) is 0.964. The van der Waals surface area contributed by atoms with Crippen molar-refractivity contribution in [2.45, 2.75) is 38.8 Å². The van der Waals surface area contributed by atoms with Crippen molar-refractivity contribution < 1.29 is 9.90 Å². The highest BCUT2D eigenvalue weighted by Crippen LogP contribution is 1.99. The first-order valence-corrected chi connectivity index (χ1v) is 4.34. The van der Waals surface area contributed by atoms with Crippen LogP contribution in [0.2, 0.25) is 0 Å². The third kappa shape index (κ3) is 7.38. The summed E-state index contributed by atoms with van der Waals surface area (Å²) in [5.41, 5.74) is 5.55. The molecule has 88 valence electrons. The van der Waals surface area contributed by atoms with Crippen molar-refractivity contribution in [3.8, 4) is 0 Å². The van der Waals surface area contributed by atoms with Crippen LogP contribution in [0.3, 0.4) is 0 Å². The minimum atomic E-state index is -1.06. The summed E-state index contributed by atoms with van der Waals surface area (Å²) >= 11 is 0. The van der Waals surface area contributed by atoms with Crippen molar-refractivity contribution in [3.63, 3.8) is 0 Å². The van der Waals surface area contributed by atoms with Crippen LogP contribution in [-0.2, 0) is 4.79 Å². The summed E-state index contributed by atoms with van der Waals surface area (Å²) in [5, 5.41) is 11.8. The topological polar surface area (TPSA) is 75.3 Å². The molecular formula is C8H20Cl2N2O2. The second-order valence-corrected chi connectivity index (χ2v) is 2.79. The highest BCUT2D eigenvalue weighted by Gasteiger charge is 2.20. The first kappa shape index (κ1) is 19.5. The maximum absolute atomic E-state index is 11.0. The van der Waals surface area contributed by atoms with Crippen LogP contribution in [0.4, 0.5) is 0 Å². The number of carbonyl (C=O) groups is 1. The summed E-state index contributed by atoms with van der Waals surface area (Å²) in [7, 11) is 0. The molecule has 2 atom stereocenters. The molecule has 4 nitrogen and oxygen atoms in total. The minimum Gasteiger partial charge on any atom is -0.382 e. The third-order valence-electron chi connectivity index (χ3n) is 1.65. The van der Waals surface area contributed by atoms with E-state index >= 15 is 0 Å². The molecule has 0 aromatic carbocycles. The van der Waals surface area contributed by atoms with E-state index in [1.165, 1.54) is 0 Å². The van der Waals surface area contributed by atoms with E-state index in [2.05, 4.69) is 5.32 Å². The minimum absolute atomic E-state index is 0. The predicted molar refractivity (Wildman–Crippen MR) is 62.1 cm³/mol. The van der Waals surface area contributed by atoms with Crippen molar-refractivity contribution in [2.75, 3.05) is 6.54 Å². The van der Waals surface area contributed by atoms with Crippen LogP contribution in [-0.4, -0.2) is 29.7 Å². The van der Waals surface area contributed by atoms with Crippen LogP contribution >= 0.6 is 24.8 Å². The Kier molecular flexibility index (Phi) is 15.4. The van der Waals surface area contributed by atoms with Gasteiger partial charge in [0.2, 0.25) is 5.91 Å². The van der Waals surface area contributed by atoms with Gasteiger partial charge in [0.15, 0.2) is 0 Å². The number of halogens is 2. The molecule has 0 aliphatic carbocycles. The first-order valence-electron chi connectivity index (χ1n) is 4.34. The standard InChI is InChI=1S/C8H18N2O2.2ClH/c1-3-5-6(9)7(11)8(12)10-4-2;;/h6-7,11H,3-5,9H2,1-2H3,(H,10,12);2*1H/t6-,7-;;/m0../s1. The van der Waals surface area contributed by atoms with E-state index < -0.39 is 12.1 Å². The first-order chi connectivity index (χ1) is 5.63. The molecule has 1 amide bonds. The van der Waals surface area contributed by atoms with Gasteiger partial charge in [0.1, 0.15) is 6.10 Å². The average molecular weight is 247 g/mol. The van der Waals surface area contributed by atoms with Crippen LogP contribution in [0, 0.1) is 0 Å². The predicted octanol–water partition coefficient (Wildman–Crippen LogP) is 0.454. The van der Waals surface area contributed by atoms with Gasteiger partial charge in [-0.1, -0.05) is 13.3 Å². The van der Waals surface area contributed by atoms with Gasteiger partial charge in [0.05, 0.1) is 0 Å². The zero-order valence-corrected chi connectivity index (χ0v) is 10.2. The zero-order chi connectivity index (χ0) is 9.56. The maximum Gasteiger partial charge on any atom is 0.250 e. The van der Waals surface area contributed by atoms with Crippen molar-refractivity contribution >= 4 is 30.7 Å². The van der Waals surface area contributed by atoms with Crippen LogP contribution in [0.1, 0.15) is 26.7 Å². The number of likely N-dealkylation sites (N-methyl/N-ethyl adjacent to an activating group) is 1. The van der Waals surface area contributed by atoms with Crippen LogP contribution < -0.4 is 11.1 Å². The Balaban J connectivity index is -0.000000605. The number of rotatable bonds is 5. The molecule has 0 unspecified atom stereocenters. The molecule has 4 N–H and O–H groups in total. The van der Waals surface area contributed by atoms with Gasteiger partial charge in [-0.2, -0.15) is 0 Å². The quantitative estimate of drug-likeness (QED) is 0.660. The van der Waals surface area contributed by atoms with Crippen LogP contribution in [0.25, 0.3) is 0 Å². The maximum atomic E-state index is 11.0. The summed E-state index contributed by atoms with van der Waals surface area (Å²) in [6.45, 7) is 4.29. The number of carbonyl (C=O) groups excluding carboxylic acids is 1. The van der Waals surface area contributed by atoms with E-state index in [9.17, 15) is 9.90 Å². The lowest BCUT2D eigenvalue weighted by molar-refractivity contribution is -0.130. The molecule has 0 aromatic heterocycles. The number of amides is 1. The van der Waals surface area contributed by atoms with Crippen molar-refractivity contribution in [1.29, 1.82) is 0 Å². The number of hydrogen-bond acceptors (Lipinski definition) is 3. The fourth-order valence-corrected chi connectivity index (χ4v) is 0.964. The van der Waals surface area contributed by atoms with E-state index in [0.717, 1.165) is 6.42 Å². The SMILES string of the molecule is CCC[C@H](N)[C@H](O)C(=O)NCC.Cl.Cl. The van der Waals surface area contributed by atoms with E-state index in [4.69, 9.17) is 5.73 Å². The largest absolute Gasteiger partial charge is 0.382 e. The Morgan fingerprint density at radius 2 is 1.93 bits per heavy atom. The van der Waals surface area contributed by atoms with Gasteiger partial charge < -0.3 is 16.2 Å². The van der Waals surface area contributed by atoms with Crippen LogP contribution in [0.15, 0.2) is 0 Å². The molecule has 0 aliphatic heterocycles. The summed E-state index contributed by atoms with van der Waals surface area (Å²) in [5.74, 6) is -0.376. The highest BCUT2D eigenvalue weighted by atomic mass is 35.5. The molecule has 0 heterocycles. The lowest BCUT2D eigenvalue weighted by Crippen LogP contribution is -2.46. The Morgan fingerprint density at radius 3 is 2.29 bits per heavy atom. The van der Waals surface area contributed by atoms with E-state index in [1.807, 2.05) is 6.92 Å². The number of nitrogens with one attached hydrogen (secondary N) is 1. The number of nitrogens with two attached hydrogens (primary N) is 1. The van der Waals surface area contributed by atoms with Crippen LogP contribution in [0.5, 0.6) is 0 Å². The number of hydrogen-bond donors (Lipinski definition) is 3. The summed E-state index contributed by atoms with van der Waals surface area (Å²) in [6, 6.07) is -0.443. The lowest BCUT2D eigenvalue weighted by atomic mass is 10.1. The molecule has 0 saturated heterocycles. The van der Waals surface area contributed by atoms with Gasteiger partial charge >= 0.3 is 0 Å². The smallest absolute Gasteiger partial charge is 0.250 e. The molecule has 0 fully saturated rings. The lowest BCUT2D eigenvalue weighted by Gasteiger charge is -2.16. The molecule has 0 radical (unpaired) electrons. The summed E-state index contributed by atoms with van der Waals surface area (Å²) in [4.78, 5) is 11.0. The summed E-state index contributed by atoms with van der Waals surface area (Å²) in [6.07, 6.45) is 0.473. The molecule has 0 aromatic rings. The van der Waals surface area contributed by atoms with Gasteiger partial charge in [-0.15, -0.1) is 24.8 Å². The van der Waals surface area contributed by atoms with Gasteiger partial charge in [-0.05, 0) is 13.3 Å². The number of aliphatic hydroxyl groups is 1. The van der Waals surface area contributed by atoms with Gasteiger partial charge in [0.25, 0.3) is 0 Å². The zero-order valence-electron chi connectivity index (χ0n) is 8.53. The van der Waals surface area contributed by atoms with Crippen molar-refractivity contribution in [1.82, 2.24) is 5.32 Å². The Bertz CT molecular complexity index is 147. The van der Waals surface area contributed by atoms with Gasteiger partial charge in [0, 0.05) is 12.6 Å². The van der Waals surface area contributed by atoms with Crippen molar-refractivity contribution in [2.24, 2.45) is 5.73 Å². The molecule has 14 heavy (non-hydrogen) atoms. The second-order valence-electron chi connectivity index (χ2n) is 2.79. The molecule has 0 rings (SSSR count). The molecule has 0 aliphatic rings. The third-order valence-corrected chi connectivity index (χ3v) is 1.65. The summed E-state index contributed by atoms with van der Waals surface area (Å²) < 4.78 is 0. The Morgan fingerprint density at radius 1 is 1.43 bits per heavy atom. The van der Waals surface area contributed by atoms with E-state index in [0.29, 0.717) is 13.0 Å². The Hall–Kier alpha value is -0.0300. The molecule has 0 saturated carbocycles. The molecule has 0 bridgehead atoms. The van der Waals surface area contributed by atoms with Gasteiger partial charge in [-0.25, -0.2) is 0 Å². The monoisotopic (exact) mass is 246 g/mol. The van der Waals surface area contributed by atoms with Gasteiger partial charge in [-0.3, -0.25) is 4.79 Å². The van der Waals surface area contributed by atoms with E-state index in [-0.39, 0.29) is 30.7 Å². The molecular weight excluding hydrogens is 227 g/mol. The molecule has 0 spiro atoms. The van der Waals surface area contributed by atoms with Crippen molar-refractivity contribution in [3.05, 3.63) is 0 Å². The fraction of sp³-hybridized carbons (Fsp3) is 0.875. The second kappa shape index (κ2) is 11.0. The Labute approximate surface area is 97.4 Å². The molecule has 6 heteroatoms. The normalized spacial score (nSPS) is 13.1. The van der Waals surface area contributed by atoms with E-state index in [1.54, 1.807) is 6.92 Å².